The van der Waals surface area contributed by atoms with E-state index in [2.05, 4.69) is 4.98 Å². The van der Waals surface area contributed by atoms with Gasteiger partial charge in [0.25, 0.3) is 0 Å². The first-order valence-electron chi connectivity index (χ1n) is 3.62. The number of pyridine rings is 1. The second kappa shape index (κ2) is 3.33. The van der Waals surface area contributed by atoms with E-state index in [0.29, 0.717) is 6.20 Å². The molecule has 13 heavy (non-hydrogen) atoms. The minimum atomic E-state index is -4.37. The Hall–Kier alpha value is -1.10. The van der Waals surface area contributed by atoms with E-state index in [1.54, 1.807) is 0 Å². The van der Waals surface area contributed by atoms with Crippen LogP contribution in [-0.2, 0) is 6.18 Å². The van der Waals surface area contributed by atoms with Crippen molar-refractivity contribution >= 4 is 0 Å². The Morgan fingerprint density at radius 2 is 2.00 bits per heavy atom. The SMILES string of the molecule is CC(O)c1ccc(C(F)(F)F)cn1. The minimum Gasteiger partial charge on any atom is -0.387 e. The minimum absolute atomic E-state index is 0.230. The molecule has 0 fully saturated rings. The van der Waals surface area contributed by atoms with Crippen molar-refractivity contribution in [2.24, 2.45) is 0 Å². The van der Waals surface area contributed by atoms with Crippen LogP contribution in [0.2, 0.25) is 0 Å². The van der Waals surface area contributed by atoms with E-state index in [-0.39, 0.29) is 5.69 Å². The molecule has 0 spiro atoms. The van der Waals surface area contributed by atoms with Crippen LogP contribution in [-0.4, -0.2) is 10.1 Å². The summed E-state index contributed by atoms with van der Waals surface area (Å²) in [6, 6.07) is 2.06. The second-order valence-electron chi connectivity index (χ2n) is 2.65. The van der Waals surface area contributed by atoms with Gasteiger partial charge in [0, 0.05) is 6.20 Å². The Bertz CT molecular complexity index is 278. The van der Waals surface area contributed by atoms with E-state index in [0.717, 1.165) is 12.1 Å². The lowest BCUT2D eigenvalue weighted by Crippen LogP contribution is -2.06. The molecule has 2 nitrogen and oxygen atoms in total. The quantitative estimate of drug-likeness (QED) is 0.737. The molecule has 0 saturated heterocycles. The van der Waals surface area contributed by atoms with Gasteiger partial charge in [-0.2, -0.15) is 13.2 Å². The highest BCUT2D eigenvalue weighted by molar-refractivity contribution is 5.17. The molecule has 5 heteroatoms. The predicted octanol–water partition coefficient (Wildman–Crippen LogP) is 2.15. The van der Waals surface area contributed by atoms with Crippen molar-refractivity contribution in [1.29, 1.82) is 0 Å². The lowest BCUT2D eigenvalue weighted by atomic mass is 10.2. The van der Waals surface area contributed by atoms with Crippen LogP contribution < -0.4 is 0 Å². The maximum absolute atomic E-state index is 12.0. The number of aliphatic hydroxyl groups excluding tert-OH is 1. The van der Waals surface area contributed by atoms with E-state index in [4.69, 9.17) is 5.11 Å². The van der Waals surface area contributed by atoms with Gasteiger partial charge in [0.2, 0.25) is 0 Å². The summed E-state index contributed by atoms with van der Waals surface area (Å²) in [5.41, 5.74) is -0.579. The highest BCUT2D eigenvalue weighted by atomic mass is 19.4. The average Bonchev–Trinajstić information content (AvgIpc) is 2.03. The fourth-order valence-corrected chi connectivity index (χ4v) is 0.820. The van der Waals surface area contributed by atoms with Crippen molar-refractivity contribution in [3.05, 3.63) is 29.6 Å². The molecule has 72 valence electrons. The number of hydrogen-bond donors (Lipinski definition) is 1. The fraction of sp³-hybridized carbons (Fsp3) is 0.375. The number of rotatable bonds is 1. The Morgan fingerprint density at radius 1 is 1.38 bits per heavy atom. The smallest absolute Gasteiger partial charge is 0.387 e. The van der Waals surface area contributed by atoms with Gasteiger partial charge in [-0.05, 0) is 19.1 Å². The molecule has 0 aromatic carbocycles. The van der Waals surface area contributed by atoms with Crippen molar-refractivity contribution in [3.8, 4) is 0 Å². The third-order valence-electron chi connectivity index (χ3n) is 1.54. The molecular weight excluding hydrogens is 183 g/mol. The molecule has 1 aromatic heterocycles. The van der Waals surface area contributed by atoms with Gasteiger partial charge >= 0.3 is 6.18 Å². The van der Waals surface area contributed by atoms with Crippen LogP contribution in [0.25, 0.3) is 0 Å². The maximum Gasteiger partial charge on any atom is 0.417 e. The van der Waals surface area contributed by atoms with Crippen LogP contribution in [0.1, 0.15) is 24.3 Å². The number of aromatic nitrogens is 1. The third-order valence-corrected chi connectivity index (χ3v) is 1.54. The molecule has 1 N–H and O–H groups in total. The summed E-state index contributed by atoms with van der Waals surface area (Å²) < 4.78 is 36.1. The zero-order valence-corrected chi connectivity index (χ0v) is 6.84. The molecule has 1 atom stereocenters. The van der Waals surface area contributed by atoms with Crippen LogP contribution in [0, 0.1) is 0 Å². The summed E-state index contributed by atoms with van der Waals surface area (Å²) in [4.78, 5) is 3.47. The van der Waals surface area contributed by atoms with Crippen LogP contribution in [0.15, 0.2) is 18.3 Å². The standard InChI is InChI=1S/C8H8F3NO/c1-5(13)7-3-2-6(4-12-7)8(9,10)11/h2-5,13H,1H3. The van der Waals surface area contributed by atoms with Crippen molar-refractivity contribution in [2.45, 2.75) is 19.2 Å². The first-order valence-corrected chi connectivity index (χ1v) is 3.62. The highest BCUT2D eigenvalue weighted by Gasteiger charge is 2.30. The Labute approximate surface area is 73.0 Å². The molecule has 1 aromatic rings. The summed E-state index contributed by atoms with van der Waals surface area (Å²) in [6.07, 6.45) is -4.51. The number of alkyl halides is 3. The van der Waals surface area contributed by atoms with E-state index < -0.39 is 17.8 Å². The molecule has 1 unspecified atom stereocenters. The van der Waals surface area contributed by atoms with Crippen LogP contribution in [0.4, 0.5) is 13.2 Å². The van der Waals surface area contributed by atoms with Gasteiger partial charge in [0.1, 0.15) is 0 Å². The van der Waals surface area contributed by atoms with Gasteiger partial charge in [0.15, 0.2) is 0 Å². The monoisotopic (exact) mass is 191 g/mol. The van der Waals surface area contributed by atoms with E-state index in [9.17, 15) is 13.2 Å². The summed E-state index contributed by atoms with van der Waals surface area (Å²) in [7, 11) is 0. The molecule has 0 amide bonds. The molecule has 0 radical (unpaired) electrons. The van der Waals surface area contributed by atoms with Crippen molar-refractivity contribution in [3.63, 3.8) is 0 Å². The van der Waals surface area contributed by atoms with E-state index >= 15 is 0 Å². The van der Waals surface area contributed by atoms with Gasteiger partial charge in [-0.25, -0.2) is 0 Å². The first kappa shape index (κ1) is 9.98. The van der Waals surface area contributed by atoms with E-state index in [1.165, 1.54) is 6.92 Å². The molecule has 0 aliphatic rings. The summed E-state index contributed by atoms with van der Waals surface area (Å²) >= 11 is 0. The average molecular weight is 191 g/mol. The fourth-order valence-electron chi connectivity index (χ4n) is 0.820. The zero-order valence-electron chi connectivity index (χ0n) is 6.84. The topological polar surface area (TPSA) is 33.1 Å². The second-order valence-corrected chi connectivity index (χ2v) is 2.65. The van der Waals surface area contributed by atoms with Gasteiger partial charge < -0.3 is 5.11 Å². The molecule has 1 rings (SSSR count). The van der Waals surface area contributed by atoms with Crippen LogP contribution in [0.5, 0.6) is 0 Å². The van der Waals surface area contributed by atoms with Gasteiger partial charge in [0.05, 0.1) is 17.4 Å². The Kier molecular flexibility index (Phi) is 2.56. The van der Waals surface area contributed by atoms with Gasteiger partial charge in [-0.1, -0.05) is 0 Å². The lowest BCUT2D eigenvalue weighted by molar-refractivity contribution is -0.137. The molecule has 1 heterocycles. The highest BCUT2D eigenvalue weighted by Crippen LogP contribution is 2.28. The number of hydrogen-bond acceptors (Lipinski definition) is 2. The predicted molar refractivity (Wildman–Crippen MR) is 39.9 cm³/mol. The normalized spacial score (nSPS) is 14.2. The molecular formula is C8H8F3NO. The van der Waals surface area contributed by atoms with Gasteiger partial charge in [-0.3, -0.25) is 4.98 Å². The third kappa shape index (κ3) is 2.42. The molecule has 0 aliphatic carbocycles. The lowest BCUT2D eigenvalue weighted by Gasteiger charge is -2.07. The molecule has 0 bridgehead atoms. The summed E-state index contributed by atoms with van der Waals surface area (Å²) in [6.45, 7) is 1.44. The first-order chi connectivity index (χ1) is 5.91. The van der Waals surface area contributed by atoms with Crippen LogP contribution in [0.3, 0.4) is 0 Å². The van der Waals surface area contributed by atoms with Gasteiger partial charge in [-0.15, -0.1) is 0 Å². The van der Waals surface area contributed by atoms with Crippen molar-refractivity contribution in [1.82, 2.24) is 4.98 Å². The molecule has 0 aliphatic heterocycles. The summed E-state index contributed by atoms with van der Waals surface area (Å²) in [5.74, 6) is 0. The maximum atomic E-state index is 12.0. The number of nitrogens with zero attached hydrogens (tertiary/aromatic N) is 1. The van der Waals surface area contributed by atoms with Crippen molar-refractivity contribution in [2.75, 3.05) is 0 Å². The number of aliphatic hydroxyl groups is 1. The Balaban J connectivity index is 2.94. The van der Waals surface area contributed by atoms with E-state index in [1.807, 2.05) is 0 Å². The largest absolute Gasteiger partial charge is 0.417 e. The van der Waals surface area contributed by atoms with Crippen LogP contribution >= 0.6 is 0 Å². The zero-order chi connectivity index (χ0) is 10.1. The summed E-state index contributed by atoms with van der Waals surface area (Å²) in [5, 5.41) is 8.97. The Morgan fingerprint density at radius 3 is 2.31 bits per heavy atom. The molecule has 0 saturated carbocycles. The van der Waals surface area contributed by atoms with Crippen molar-refractivity contribution < 1.29 is 18.3 Å². The number of halogens is 3.